The highest BCUT2D eigenvalue weighted by Gasteiger charge is 2.25. The van der Waals surface area contributed by atoms with Crippen molar-refractivity contribution in [3.63, 3.8) is 0 Å². The third-order valence-electron chi connectivity index (χ3n) is 4.03. The van der Waals surface area contributed by atoms with Gasteiger partial charge in [0.15, 0.2) is 5.82 Å². The fourth-order valence-corrected chi connectivity index (χ4v) is 3.00. The molecule has 22 heavy (non-hydrogen) atoms. The number of nitrogens with zero attached hydrogens (tertiary/aromatic N) is 3. The van der Waals surface area contributed by atoms with Gasteiger partial charge in [-0.1, -0.05) is 46.2 Å². The minimum atomic E-state index is -0.155. The van der Waals surface area contributed by atoms with Crippen LogP contribution in [0.15, 0.2) is 33.3 Å². The molecule has 3 rings (SSSR count). The monoisotopic (exact) mass is 363 g/mol. The van der Waals surface area contributed by atoms with E-state index in [1.807, 2.05) is 24.3 Å². The Bertz CT molecular complexity index is 663. The van der Waals surface area contributed by atoms with Crippen LogP contribution in [-0.2, 0) is 6.42 Å². The van der Waals surface area contributed by atoms with Gasteiger partial charge in [0.25, 0.3) is 0 Å². The van der Waals surface area contributed by atoms with E-state index in [-0.39, 0.29) is 11.8 Å². The Balaban J connectivity index is 1.68. The number of piperidine rings is 1. The number of rotatable bonds is 3. The number of amides is 1. The lowest BCUT2D eigenvalue weighted by molar-refractivity contribution is 0.0647. The number of carbonyl (C=O) groups excluding carboxylic acids is 1. The van der Waals surface area contributed by atoms with E-state index in [1.54, 1.807) is 4.90 Å². The first-order chi connectivity index (χ1) is 10.6. The van der Waals surface area contributed by atoms with Crippen LogP contribution in [0.5, 0.6) is 0 Å². The van der Waals surface area contributed by atoms with E-state index in [4.69, 9.17) is 4.52 Å². The number of hydrogen-bond donors (Lipinski definition) is 0. The van der Waals surface area contributed by atoms with Gasteiger partial charge in [0.1, 0.15) is 0 Å². The predicted molar refractivity (Wildman–Crippen MR) is 85.5 cm³/mol. The highest BCUT2D eigenvalue weighted by atomic mass is 79.9. The molecule has 1 aromatic carbocycles. The van der Waals surface area contributed by atoms with Crippen LogP contribution in [0.2, 0.25) is 0 Å². The summed E-state index contributed by atoms with van der Waals surface area (Å²) >= 11 is 3.50. The van der Waals surface area contributed by atoms with Crippen molar-refractivity contribution in [2.75, 3.05) is 13.1 Å². The number of aromatic nitrogens is 2. The van der Waals surface area contributed by atoms with E-state index in [1.165, 1.54) is 0 Å². The second-order valence-corrected chi connectivity index (χ2v) is 6.61. The SMILES string of the molecule is CC1CCN(C(=O)c2nc(Cc3ccccc3Br)no2)CC1. The molecule has 1 saturated heterocycles. The van der Waals surface area contributed by atoms with Crippen molar-refractivity contribution in [1.82, 2.24) is 15.0 Å². The summed E-state index contributed by atoms with van der Waals surface area (Å²) in [7, 11) is 0. The molecule has 2 aromatic rings. The minimum Gasteiger partial charge on any atom is -0.334 e. The van der Waals surface area contributed by atoms with Crippen LogP contribution in [0.1, 0.15) is 41.8 Å². The number of likely N-dealkylation sites (tertiary alicyclic amines) is 1. The quantitative estimate of drug-likeness (QED) is 0.839. The number of carbonyl (C=O) groups is 1. The van der Waals surface area contributed by atoms with Gasteiger partial charge in [-0.3, -0.25) is 4.79 Å². The van der Waals surface area contributed by atoms with Gasteiger partial charge in [0.2, 0.25) is 0 Å². The van der Waals surface area contributed by atoms with Crippen molar-refractivity contribution < 1.29 is 9.32 Å². The lowest BCUT2D eigenvalue weighted by Crippen LogP contribution is -2.38. The average molecular weight is 364 g/mol. The Hall–Kier alpha value is -1.69. The highest BCUT2D eigenvalue weighted by Crippen LogP contribution is 2.20. The summed E-state index contributed by atoms with van der Waals surface area (Å²) in [5, 5.41) is 3.93. The van der Waals surface area contributed by atoms with E-state index < -0.39 is 0 Å². The fraction of sp³-hybridized carbons (Fsp3) is 0.438. The summed E-state index contributed by atoms with van der Waals surface area (Å²) < 4.78 is 6.15. The second kappa shape index (κ2) is 6.60. The molecule has 0 saturated carbocycles. The zero-order chi connectivity index (χ0) is 15.5. The standard InChI is InChI=1S/C16H18BrN3O2/c1-11-6-8-20(9-7-11)16(21)15-18-14(19-22-15)10-12-4-2-3-5-13(12)17/h2-5,11H,6-10H2,1H3. The van der Waals surface area contributed by atoms with Crippen LogP contribution in [0.25, 0.3) is 0 Å². The molecular formula is C16H18BrN3O2. The Kier molecular flexibility index (Phi) is 4.57. The molecule has 1 amide bonds. The molecule has 6 heteroatoms. The lowest BCUT2D eigenvalue weighted by atomic mass is 9.99. The third kappa shape index (κ3) is 3.38. The van der Waals surface area contributed by atoms with Crippen molar-refractivity contribution in [3.05, 3.63) is 46.0 Å². The average Bonchev–Trinajstić information content (AvgIpc) is 2.98. The van der Waals surface area contributed by atoms with Crippen LogP contribution in [0, 0.1) is 5.92 Å². The first-order valence-electron chi connectivity index (χ1n) is 7.48. The Morgan fingerprint density at radius 1 is 1.36 bits per heavy atom. The van der Waals surface area contributed by atoms with E-state index in [0.717, 1.165) is 36.0 Å². The Morgan fingerprint density at radius 2 is 2.09 bits per heavy atom. The first-order valence-corrected chi connectivity index (χ1v) is 8.28. The largest absolute Gasteiger partial charge is 0.334 e. The first kappa shape index (κ1) is 15.2. The van der Waals surface area contributed by atoms with Gasteiger partial charge in [-0.15, -0.1) is 0 Å². The summed E-state index contributed by atoms with van der Waals surface area (Å²) in [6.45, 7) is 3.74. The molecule has 116 valence electrons. The topological polar surface area (TPSA) is 59.2 Å². The van der Waals surface area contributed by atoms with Gasteiger partial charge in [-0.25, -0.2) is 0 Å². The Morgan fingerprint density at radius 3 is 2.82 bits per heavy atom. The number of halogens is 1. The second-order valence-electron chi connectivity index (χ2n) is 5.76. The molecule has 0 radical (unpaired) electrons. The molecule has 0 bridgehead atoms. The maximum Gasteiger partial charge on any atom is 0.316 e. The van der Waals surface area contributed by atoms with Crippen molar-refractivity contribution in [3.8, 4) is 0 Å². The van der Waals surface area contributed by atoms with Gasteiger partial charge in [0.05, 0.1) is 0 Å². The van der Waals surface area contributed by atoms with Crippen LogP contribution in [0.4, 0.5) is 0 Å². The lowest BCUT2D eigenvalue weighted by Gasteiger charge is -2.28. The molecule has 5 nitrogen and oxygen atoms in total. The Labute approximate surface area is 137 Å². The van der Waals surface area contributed by atoms with Crippen molar-refractivity contribution in [2.45, 2.75) is 26.2 Å². The fourth-order valence-electron chi connectivity index (χ4n) is 2.57. The van der Waals surface area contributed by atoms with E-state index in [9.17, 15) is 4.79 Å². The third-order valence-corrected chi connectivity index (χ3v) is 4.80. The van der Waals surface area contributed by atoms with E-state index in [0.29, 0.717) is 18.2 Å². The maximum atomic E-state index is 12.4. The van der Waals surface area contributed by atoms with Gasteiger partial charge >= 0.3 is 11.8 Å². The summed E-state index contributed by atoms with van der Waals surface area (Å²) in [4.78, 5) is 18.4. The summed E-state index contributed by atoms with van der Waals surface area (Å²) in [5.41, 5.74) is 1.06. The summed E-state index contributed by atoms with van der Waals surface area (Å²) in [6.07, 6.45) is 2.60. The van der Waals surface area contributed by atoms with Gasteiger partial charge in [0, 0.05) is 24.0 Å². The van der Waals surface area contributed by atoms with Crippen LogP contribution < -0.4 is 0 Å². The van der Waals surface area contributed by atoms with Gasteiger partial charge in [-0.05, 0) is 30.4 Å². The van der Waals surface area contributed by atoms with E-state index >= 15 is 0 Å². The molecule has 2 heterocycles. The number of benzene rings is 1. The molecule has 1 fully saturated rings. The minimum absolute atomic E-state index is 0.0941. The smallest absolute Gasteiger partial charge is 0.316 e. The zero-order valence-corrected chi connectivity index (χ0v) is 14.0. The van der Waals surface area contributed by atoms with Gasteiger partial charge in [-0.2, -0.15) is 4.98 Å². The molecule has 0 atom stereocenters. The molecule has 0 unspecified atom stereocenters. The van der Waals surface area contributed by atoms with Crippen molar-refractivity contribution in [1.29, 1.82) is 0 Å². The van der Waals surface area contributed by atoms with Crippen molar-refractivity contribution >= 4 is 21.8 Å². The maximum absolute atomic E-state index is 12.4. The summed E-state index contributed by atoms with van der Waals surface area (Å²) in [6, 6.07) is 7.88. The number of hydrogen-bond acceptors (Lipinski definition) is 4. The molecule has 1 aliphatic rings. The van der Waals surface area contributed by atoms with E-state index in [2.05, 4.69) is 33.0 Å². The normalized spacial score (nSPS) is 16.0. The van der Waals surface area contributed by atoms with Crippen LogP contribution in [0.3, 0.4) is 0 Å². The highest BCUT2D eigenvalue weighted by molar-refractivity contribution is 9.10. The molecule has 1 aromatic heterocycles. The summed E-state index contributed by atoms with van der Waals surface area (Å²) in [5.74, 6) is 1.15. The zero-order valence-electron chi connectivity index (χ0n) is 12.5. The predicted octanol–water partition coefficient (Wildman–Crippen LogP) is 3.30. The molecule has 0 N–H and O–H groups in total. The van der Waals surface area contributed by atoms with Crippen LogP contribution >= 0.6 is 15.9 Å². The molecule has 0 spiro atoms. The van der Waals surface area contributed by atoms with Gasteiger partial charge < -0.3 is 9.42 Å². The molecule has 0 aliphatic carbocycles. The molecular weight excluding hydrogens is 346 g/mol. The molecule has 1 aliphatic heterocycles. The van der Waals surface area contributed by atoms with Crippen molar-refractivity contribution in [2.24, 2.45) is 5.92 Å². The van der Waals surface area contributed by atoms with Crippen LogP contribution in [-0.4, -0.2) is 34.0 Å².